The van der Waals surface area contributed by atoms with Gasteiger partial charge in [-0.15, -0.1) is 12.4 Å². The van der Waals surface area contributed by atoms with E-state index in [2.05, 4.69) is 10.3 Å². The van der Waals surface area contributed by atoms with Crippen molar-refractivity contribution in [3.8, 4) is 5.75 Å². The SMILES string of the molecule is Cl.FC(F)(F)c1cnccc1OC1CC2(CCNCC2)C1. The zero-order valence-electron chi connectivity index (χ0n) is 11.4. The summed E-state index contributed by atoms with van der Waals surface area (Å²) < 4.78 is 44.1. The number of alkyl halides is 3. The number of pyridine rings is 1. The topological polar surface area (TPSA) is 34.1 Å². The van der Waals surface area contributed by atoms with Crippen molar-refractivity contribution < 1.29 is 17.9 Å². The number of hydrogen-bond donors (Lipinski definition) is 1. The van der Waals surface area contributed by atoms with Crippen molar-refractivity contribution in [2.45, 2.75) is 38.0 Å². The van der Waals surface area contributed by atoms with Gasteiger partial charge in [-0.1, -0.05) is 0 Å². The van der Waals surface area contributed by atoms with Crippen LogP contribution in [0.1, 0.15) is 31.2 Å². The highest BCUT2D eigenvalue weighted by atomic mass is 35.5. The Morgan fingerprint density at radius 1 is 1.24 bits per heavy atom. The van der Waals surface area contributed by atoms with E-state index in [0.29, 0.717) is 5.41 Å². The van der Waals surface area contributed by atoms with Crippen LogP contribution in [0.5, 0.6) is 5.75 Å². The second-order valence-electron chi connectivity index (χ2n) is 5.77. The Hall–Kier alpha value is -1.01. The molecular weight excluding hydrogens is 305 g/mol. The smallest absolute Gasteiger partial charge is 0.421 e. The van der Waals surface area contributed by atoms with Gasteiger partial charge in [-0.25, -0.2) is 0 Å². The van der Waals surface area contributed by atoms with Crippen LogP contribution in [-0.4, -0.2) is 24.2 Å². The molecule has 118 valence electrons. The van der Waals surface area contributed by atoms with Gasteiger partial charge in [0.1, 0.15) is 11.3 Å². The molecule has 3 rings (SSSR count). The van der Waals surface area contributed by atoms with Gasteiger partial charge in [0.05, 0.1) is 6.10 Å². The molecule has 1 N–H and O–H groups in total. The third-order valence-corrected chi connectivity index (χ3v) is 4.37. The fourth-order valence-corrected chi connectivity index (χ4v) is 3.23. The van der Waals surface area contributed by atoms with E-state index in [1.807, 2.05) is 0 Å². The lowest BCUT2D eigenvalue weighted by Gasteiger charge is -2.50. The van der Waals surface area contributed by atoms with Crippen LogP contribution in [0, 0.1) is 5.41 Å². The standard InChI is InChI=1S/C14H17F3N2O.ClH/c15-14(16,17)11-9-19-4-1-12(11)20-10-7-13(8-10)2-5-18-6-3-13;/h1,4,9-10,18H,2-3,5-8H2;1H. The van der Waals surface area contributed by atoms with Crippen molar-refractivity contribution in [3.63, 3.8) is 0 Å². The number of hydrogen-bond acceptors (Lipinski definition) is 3. The molecule has 7 heteroatoms. The lowest BCUT2D eigenvalue weighted by atomic mass is 9.62. The van der Waals surface area contributed by atoms with Gasteiger partial charge in [-0.05, 0) is 50.3 Å². The molecule has 1 saturated carbocycles. The van der Waals surface area contributed by atoms with Crippen molar-refractivity contribution in [1.82, 2.24) is 10.3 Å². The van der Waals surface area contributed by atoms with Gasteiger partial charge in [0.15, 0.2) is 0 Å². The summed E-state index contributed by atoms with van der Waals surface area (Å²) in [5, 5.41) is 3.30. The summed E-state index contributed by atoms with van der Waals surface area (Å²) in [6.07, 6.45) is 1.54. The van der Waals surface area contributed by atoms with E-state index in [1.165, 1.54) is 12.3 Å². The second kappa shape index (κ2) is 6.01. The Morgan fingerprint density at radius 2 is 1.90 bits per heavy atom. The van der Waals surface area contributed by atoms with Crippen LogP contribution in [0.15, 0.2) is 18.5 Å². The maximum absolute atomic E-state index is 12.8. The van der Waals surface area contributed by atoms with Crippen LogP contribution >= 0.6 is 12.4 Å². The zero-order chi connectivity index (χ0) is 14.2. The van der Waals surface area contributed by atoms with Crippen molar-refractivity contribution in [3.05, 3.63) is 24.0 Å². The number of rotatable bonds is 2. The highest BCUT2D eigenvalue weighted by molar-refractivity contribution is 5.85. The molecule has 0 bridgehead atoms. The van der Waals surface area contributed by atoms with Crippen LogP contribution in [0.4, 0.5) is 13.2 Å². The van der Waals surface area contributed by atoms with E-state index in [4.69, 9.17) is 4.74 Å². The average Bonchev–Trinajstić information content (AvgIpc) is 2.37. The van der Waals surface area contributed by atoms with Crippen LogP contribution in [0.25, 0.3) is 0 Å². The molecule has 1 spiro atoms. The maximum Gasteiger partial charge on any atom is 0.421 e. The highest BCUT2D eigenvalue weighted by Gasteiger charge is 2.46. The Bertz CT molecular complexity index is 481. The Kier molecular flexibility index (Phi) is 4.68. The molecule has 0 amide bonds. The number of piperidine rings is 1. The first-order valence-electron chi connectivity index (χ1n) is 6.87. The number of ether oxygens (including phenoxy) is 1. The molecule has 1 aromatic rings. The number of nitrogens with one attached hydrogen (secondary N) is 1. The van der Waals surface area contributed by atoms with Crippen molar-refractivity contribution >= 4 is 12.4 Å². The van der Waals surface area contributed by atoms with Crippen LogP contribution in [-0.2, 0) is 6.18 Å². The predicted octanol–water partition coefficient (Wildman–Crippen LogP) is 3.43. The average molecular weight is 323 g/mol. The summed E-state index contributed by atoms with van der Waals surface area (Å²) >= 11 is 0. The molecule has 0 unspecified atom stereocenters. The molecule has 0 radical (unpaired) electrons. The predicted molar refractivity (Wildman–Crippen MR) is 74.7 cm³/mol. The van der Waals surface area contributed by atoms with Gasteiger partial charge in [0.2, 0.25) is 0 Å². The van der Waals surface area contributed by atoms with Gasteiger partial charge in [-0.2, -0.15) is 13.2 Å². The quantitative estimate of drug-likeness (QED) is 0.905. The molecule has 2 fully saturated rings. The first-order chi connectivity index (χ1) is 9.49. The first-order valence-corrected chi connectivity index (χ1v) is 6.87. The number of aromatic nitrogens is 1. The number of nitrogens with zero attached hydrogens (tertiary/aromatic N) is 1. The maximum atomic E-state index is 12.8. The Balaban J connectivity index is 0.00000161. The van der Waals surface area contributed by atoms with Gasteiger partial charge in [0, 0.05) is 12.4 Å². The van der Waals surface area contributed by atoms with Crippen LogP contribution in [0.3, 0.4) is 0 Å². The molecule has 2 heterocycles. The molecule has 21 heavy (non-hydrogen) atoms. The monoisotopic (exact) mass is 322 g/mol. The minimum absolute atomic E-state index is 0. The summed E-state index contributed by atoms with van der Waals surface area (Å²) in [5.41, 5.74) is -0.493. The summed E-state index contributed by atoms with van der Waals surface area (Å²) in [7, 11) is 0. The second-order valence-corrected chi connectivity index (χ2v) is 5.77. The van der Waals surface area contributed by atoms with E-state index in [0.717, 1.165) is 45.0 Å². The summed E-state index contributed by atoms with van der Waals surface area (Å²) in [4.78, 5) is 3.54. The third-order valence-electron chi connectivity index (χ3n) is 4.37. The van der Waals surface area contributed by atoms with Crippen LogP contribution in [0.2, 0.25) is 0 Å². The van der Waals surface area contributed by atoms with Gasteiger partial charge < -0.3 is 10.1 Å². The molecule has 2 aliphatic rings. The lowest BCUT2D eigenvalue weighted by Crippen LogP contribution is -2.49. The molecule has 0 atom stereocenters. The van der Waals surface area contributed by atoms with Crippen molar-refractivity contribution in [1.29, 1.82) is 0 Å². The third kappa shape index (κ3) is 3.43. The van der Waals surface area contributed by atoms with Crippen molar-refractivity contribution in [2.75, 3.05) is 13.1 Å². The van der Waals surface area contributed by atoms with Crippen LogP contribution < -0.4 is 10.1 Å². The molecule has 1 aliphatic heterocycles. The Labute approximate surface area is 127 Å². The van der Waals surface area contributed by atoms with Gasteiger partial charge >= 0.3 is 6.18 Å². The van der Waals surface area contributed by atoms with E-state index in [1.54, 1.807) is 0 Å². The van der Waals surface area contributed by atoms with E-state index in [-0.39, 0.29) is 24.3 Å². The van der Waals surface area contributed by atoms with Gasteiger partial charge in [-0.3, -0.25) is 4.98 Å². The summed E-state index contributed by atoms with van der Waals surface area (Å²) in [6.45, 7) is 1.99. The molecule has 1 aliphatic carbocycles. The summed E-state index contributed by atoms with van der Waals surface area (Å²) in [5.74, 6) is -0.0960. The molecule has 1 saturated heterocycles. The molecule has 1 aromatic heterocycles. The summed E-state index contributed by atoms with van der Waals surface area (Å²) in [6, 6.07) is 1.30. The fourth-order valence-electron chi connectivity index (χ4n) is 3.23. The minimum Gasteiger partial charge on any atom is -0.490 e. The zero-order valence-corrected chi connectivity index (χ0v) is 12.3. The first kappa shape index (κ1) is 16.4. The number of halogens is 4. The molecule has 3 nitrogen and oxygen atoms in total. The Morgan fingerprint density at radius 3 is 2.52 bits per heavy atom. The van der Waals surface area contributed by atoms with E-state index >= 15 is 0 Å². The largest absolute Gasteiger partial charge is 0.490 e. The molecular formula is C14H18ClF3N2O. The van der Waals surface area contributed by atoms with E-state index in [9.17, 15) is 13.2 Å². The van der Waals surface area contributed by atoms with E-state index < -0.39 is 11.7 Å². The van der Waals surface area contributed by atoms with Gasteiger partial charge in [0.25, 0.3) is 0 Å². The molecule has 0 aromatic carbocycles. The normalized spacial score (nSPS) is 21.5. The minimum atomic E-state index is -4.42. The highest BCUT2D eigenvalue weighted by Crippen LogP contribution is 2.50. The fraction of sp³-hybridized carbons (Fsp3) is 0.643. The lowest BCUT2D eigenvalue weighted by molar-refractivity contribution is -0.140. The van der Waals surface area contributed by atoms with Crippen molar-refractivity contribution in [2.24, 2.45) is 5.41 Å².